The lowest BCUT2D eigenvalue weighted by molar-refractivity contribution is -0.141. The van der Waals surface area contributed by atoms with Gasteiger partial charge in [0.25, 0.3) is 0 Å². The molecule has 2 rings (SSSR count). The lowest BCUT2D eigenvalue weighted by Gasteiger charge is -2.12. The zero-order valence-corrected chi connectivity index (χ0v) is 11.4. The summed E-state index contributed by atoms with van der Waals surface area (Å²) in [4.78, 5) is 21.9. The van der Waals surface area contributed by atoms with Crippen molar-refractivity contribution in [1.29, 1.82) is 0 Å². The molecule has 0 atom stereocenters. The van der Waals surface area contributed by atoms with E-state index in [4.69, 9.17) is 9.63 Å². The average Bonchev–Trinajstić information content (AvgIpc) is 2.95. The minimum atomic E-state index is -1.09. The molecule has 0 saturated heterocycles. The Kier molecular flexibility index (Phi) is 4.14. The molecule has 1 aliphatic carbocycles. The van der Waals surface area contributed by atoms with Crippen molar-refractivity contribution < 1.29 is 24.0 Å². The van der Waals surface area contributed by atoms with E-state index in [9.17, 15) is 9.59 Å². The first-order chi connectivity index (χ1) is 9.04. The number of aromatic carboxylic acids is 1. The molecule has 0 bridgehead atoms. The number of hydrogen-bond donors (Lipinski definition) is 1. The van der Waals surface area contributed by atoms with Gasteiger partial charge in [0.15, 0.2) is 5.69 Å². The van der Waals surface area contributed by atoms with Crippen molar-refractivity contribution in [3.05, 3.63) is 17.5 Å². The number of esters is 1. The molecule has 19 heavy (non-hydrogen) atoms. The molecule has 0 aliphatic heterocycles. The largest absolute Gasteiger partial charge is 0.476 e. The molecule has 0 spiro atoms. The Bertz CT molecular complexity index is 480. The van der Waals surface area contributed by atoms with Crippen LogP contribution < -0.4 is 0 Å². The van der Waals surface area contributed by atoms with Crippen molar-refractivity contribution in [1.82, 2.24) is 5.16 Å². The van der Waals surface area contributed by atoms with Crippen LogP contribution in [0.5, 0.6) is 0 Å². The van der Waals surface area contributed by atoms with Gasteiger partial charge in [0.1, 0.15) is 5.76 Å². The van der Waals surface area contributed by atoms with Gasteiger partial charge >= 0.3 is 11.9 Å². The zero-order valence-electron chi connectivity index (χ0n) is 10.5. The Morgan fingerprint density at radius 1 is 1.58 bits per heavy atom. The van der Waals surface area contributed by atoms with Crippen LogP contribution in [0.3, 0.4) is 0 Å². The summed E-state index contributed by atoms with van der Waals surface area (Å²) >= 11 is 1.62. The fourth-order valence-electron chi connectivity index (χ4n) is 1.78. The number of thioether (sulfide) groups is 1. The molecule has 6 nitrogen and oxygen atoms in total. The fraction of sp³-hybridized carbons (Fsp3) is 0.583. The quantitative estimate of drug-likeness (QED) is 0.766. The van der Waals surface area contributed by atoms with Crippen molar-refractivity contribution in [3.8, 4) is 0 Å². The van der Waals surface area contributed by atoms with E-state index in [1.165, 1.54) is 13.2 Å². The highest BCUT2D eigenvalue weighted by Gasteiger charge is 2.44. The number of rotatable bonds is 7. The predicted molar refractivity (Wildman–Crippen MR) is 67.9 cm³/mol. The molecule has 104 valence electrons. The summed E-state index contributed by atoms with van der Waals surface area (Å²) in [7, 11) is 1.40. The zero-order chi connectivity index (χ0) is 13.9. The third-order valence-corrected chi connectivity index (χ3v) is 4.44. The van der Waals surface area contributed by atoms with E-state index in [-0.39, 0.29) is 17.1 Å². The highest BCUT2D eigenvalue weighted by Crippen LogP contribution is 2.51. The third kappa shape index (κ3) is 3.73. The Morgan fingerprint density at radius 3 is 2.84 bits per heavy atom. The number of nitrogens with zero attached hydrogens (tertiary/aromatic N) is 1. The van der Waals surface area contributed by atoms with E-state index in [1.54, 1.807) is 11.8 Å². The van der Waals surface area contributed by atoms with E-state index in [1.807, 2.05) is 0 Å². The normalized spacial score (nSPS) is 16.1. The van der Waals surface area contributed by atoms with Crippen molar-refractivity contribution in [2.75, 3.05) is 12.9 Å². The number of hydrogen-bond acceptors (Lipinski definition) is 6. The van der Waals surface area contributed by atoms with Crippen LogP contribution in [-0.4, -0.2) is 35.1 Å². The van der Waals surface area contributed by atoms with Gasteiger partial charge < -0.3 is 14.4 Å². The molecule has 0 radical (unpaired) electrons. The maximum atomic E-state index is 11.3. The van der Waals surface area contributed by atoms with E-state index in [0.717, 1.165) is 18.6 Å². The molecule has 1 fully saturated rings. The highest BCUT2D eigenvalue weighted by atomic mass is 32.2. The van der Waals surface area contributed by atoms with Crippen molar-refractivity contribution in [2.45, 2.75) is 25.0 Å². The second kappa shape index (κ2) is 5.64. The Hall–Kier alpha value is -1.50. The summed E-state index contributed by atoms with van der Waals surface area (Å²) < 4.78 is 9.60. The number of methoxy groups -OCH3 is 1. The molecule has 1 aromatic heterocycles. The van der Waals surface area contributed by atoms with Gasteiger partial charge in [-0.05, 0) is 24.0 Å². The summed E-state index contributed by atoms with van der Waals surface area (Å²) in [6.45, 7) is 0. The minimum absolute atomic E-state index is 0.0629. The van der Waals surface area contributed by atoms with Crippen molar-refractivity contribution >= 4 is 23.7 Å². The van der Waals surface area contributed by atoms with Gasteiger partial charge in [-0.3, -0.25) is 4.79 Å². The molecule has 1 aromatic rings. The topological polar surface area (TPSA) is 89.6 Å². The number of aromatic nitrogens is 1. The van der Waals surface area contributed by atoms with Crippen LogP contribution in [0.4, 0.5) is 0 Å². The van der Waals surface area contributed by atoms with E-state index in [0.29, 0.717) is 17.9 Å². The highest BCUT2D eigenvalue weighted by molar-refractivity contribution is 7.98. The summed E-state index contributed by atoms with van der Waals surface area (Å²) in [5.41, 5.74) is -0.0146. The monoisotopic (exact) mass is 285 g/mol. The smallest absolute Gasteiger partial charge is 0.358 e. The molecule has 7 heteroatoms. The number of ether oxygens (including phenoxy) is 1. The molecule has 1 N–H and O–H groups in total. The Balaban J connectivity index is 1.77. The van der Waals surface area contributed by atoms with Crippen LogP contribution in [0.15, 0.2) is 10.6 Å². The van der Waals surface area contributed by atoms with E-state index in [2.05, 4.69) is 9.89 Å². The molecule has 0 amide bonds. The van der Waals surface area contributed by atoms with Gasteiger partial charge in [0, 0.05) is 6.07 Å². The molecule has 1 aliphatic rings. The minimum Gasteiger partial charge on any atom is -0.476 e. The maximum Gasteiger partial charge on any atom is 0.358 e. The maximum absolute atomic E-state index is 11.3. The molecular weight excluding hydrogens is 270 g/mol. The number of carbonyl (C=O) groups excluding carboxylic acids is 1. The second-order valence-corrected chi connectivity index (χ2v) is 5.71. The van der Waals surface area contributed by atoms with Crippen LogP contribution >= 0.6 is 11.8 Å². The van der Waals surface area contributed by atoms with E-state index < -0.39 is 5.97 Å². The average molecular weight is 285 g/mol. The van der Waals surface area contributed by atoms with Gasteiger partial charge in [0.2, 0.25) is 0 Å². The number of carbonyl (C=O) groups is 2. The van der Waals surface area contributed by atoms with Gasteiger partial charge in [-0.25, -0.2) is 4.79 Å². The standard InChI is InChI=1S/C12H15NO5S/c1-17-10(14)5-12(2-3-12)7-19-6-8-4-9(11(15)16)13-18-8/h4H,2-3,5-7H2,1H3,(H,15,16). The van der Waals surface area contributed by atoms with Gasteiger partial charge in [-0.15, -0.1) is 0 Å². The first kappa shape index (κ1) is 13.9. The summed E-state index contributed by atoms with van der Waals surface area (Å²) in [6.07, 6.45) is 2.52. The summed E-state index contributed by atoms with van der Waals surface area (Å²) in [5.74, 6) is 0.667. The van der Waals surface area contributed by atoms with Crippen LogP contribution in [0.1, 0.15) is 35.5 Å². The first-order valence-corrected chi connectivity index (χ1v) is 7.04. The molecule has 1 heterocycles. The third-order valence-electron chi connectivity index (χ3n) is 3.13. The van der Waals surface area contributed by atoms with Crippen LogP contribution in [-0.2, 0) is 15.3 Å². The number of carboxylic acids is 1. The van der Waals surface area contributed by atoms with Gasteiger partial charge in [0.05, 0.1) is 19.3 Å². The van der Waals surface area contributed by atoms with Gasteiger partial charge in [-0.1, -0.05) is 5.16 Å². The lowest BCUT2D eigenvalue weighted by Crippen LogP contribution is -2.13. The first-order valence-electron chi connectivity index (χ1n) is 5.88. The van der Waals surface area contributed by atoms with E-state index >= 15 is 0 Å². The summed E-state index contributed by atoms with van der Waals surface area (Å²) in [5, 5.41) is 12.2. The van der Waals surface area contributed by atoms with Crippen LogP contribution in [0.2, 0.25) is 0 Å². The summed E-state index contributed by atoms with van der Waals surface area (Å²) in [6, 6.07) is 1.43. The lowest BCUT2D eigenvalue weighted by atomic mass is 10.1. The Morgan fingerprint density at radius 2 is 2.32 bits per heavy atom. The predicted octanol–water partition coefficient (Wildman–Crippen LogP) is 1.95. The Labute approximate surface area is 114 Å². The molecule has 0 aromatic carbocycles. The van der Waals surface area contributed by atoms with Crippen LogP contribution in [0, 0.1) is 5.41 Å². The van der Waals surface area contributed by atoms with Gasteiger partial charge in [-0.2, -0.15) is 11.8 Å². The molecule has 1 saturated carbocycles. The molecule has 0 unspecified atom stereocenters. The molecular formula is C12H15NO5S. The van der Waals surface area contributed by atoms with Crippen LogP contribution in [0.25, 0.3) is 0 Å². The number of carboxylic acid groups (broad SMARTS) is 1. The second-order valence-electron chi connectivity index (χ2n) is 4.73. The van der Waals surface area contributed by atoms with Crippen molar-refractivity contribution in [3.63, 3.8) is 0 Å². The SMILES string of the molecule is COC(=O)CC1(CSCc2cc(C(=O)O)no2)CC1. The fourth-order valence-corrected chi connectivity index (χ4v) is 3.04. The van der Waals surface area contributed by atoms with Crippen molar-refractivity contribution in [2.24, 2.45) is 5.41 Å².